The first kappa shape index (κ1) is 10.9. The first-order valence-electron chi connectivity index (χ1n) is 5.38. The molecule has 3 nitrogen and oxygen atoms in total. The zero-order valence-electron chi connectivity index (χ0n) is 9.49. The number of benzene rings is 1. The van der Waals surface area contributed by atoms with Gasteiger partial charge in [-0.2, -0.15) is 0 Å². The average Bonchev–Trinajstić information content (AvgIpc) is 2.27. The third-order valence-corrected chi connectivity index (χ3v) is 2.74. The zero-order chi connectivity index (χ0) is 11.7. The van der Waals surface area contributed by atoms with E-state index in [-0.39, 0.29) is 5.63 Å². The van der Waals surface area contributed by atoms with E-state index in [1.54, 1.807) is 0 Å². The van der Waals surface area contributed by atoms with Crippen molar-refractivity contribution in [3.05, 3.63) is 45.8 Å². The van der Waals surface area contributed by atoms with Crippen molar-refractivity contribution < 1.29 is 4.42 Å². The summed E-state index contributed by atoms with van der Waals surface area (Å²) in [5.74, 6) is 0.446. The minimum Gasteiger partial charge on any atom is -0.423 e. The van der Waals surface area contributed by atoms with E-state index in [0.717, 1.165) is 10.9 Å². The molecule has 0 radical (unpaired) electrons. The summed E-state index contributed by atoms with van der Waals surface area (Å²) in [5, 5.41) is 0.938. The highest BCUT2D eigenvalue weighted by Crippen LogP contribution is 2.22. The Hall–Kier alpha value is -1.61. The molecule has 2 N–H and O–H groups in total. The fraction of sp³-hybridized carbons (Fsp3) is 0.308. The number of fused-ring (bicyclic) bond motifs is 1. The van der Waals surface area contributed by atoms with Crippen LogP contribution in [0.4, 0.5) is 0 Å². The average molecular weight is 217 g/mol. The molecule has 1 aromatic carbocycles. The van der Waals surface area contributed by atoms with Crippen molar-refractivity contribution >= 4 is 11.0 Å². The van der Waals surface area contributed by atoms with E-state index < -0.39 is 0 Å². The van der Waals surface area contributed by atoms with Gasteiger partial charge in [0.15, 0.2) is 0 Å². The number of hydrogen-bond acceptors (Lipinski definition) is 3. The van der Waals surface area contributed by atoms with Crippen molar-refractivity contribution in [3.8, 4) is 0 Å². The van der Waals surface area contributed by atoms with E-state index in [4.69, 9.17) is 10.2 Å². The molecule has 0 fully saturated rings. The van der Waals surface area contributed by atoms with E-state index in [1.807, 2.05) is 18.2 Å². The molecular formula is C13H15NO2. The Kier molecular flexibility index (Phi) is 2.79. The number of nitrogens with two attached hydrogens (primary N) is 1. The summed E-state index contributed by atoms with van der Waals surface area (Å²) in [4.78, 5) is 11.3. The molecule has 1 heterocycles. The Morgan fingerprint density at radius 2 is 2.06 bits per heavy atom. The maximum atomic E-state index is 11.3. The van der Waals surface area contributed by atoms with Gasteiger partial charge in [0.25, 0.3) is 0 Å². The molecule has 0 unspecified atom stereocenters. The smallest absolute Gasteiger partial charge is 0.336 e. The molecule has 0 aliphatic rings. The van der Waals surface area contributed by atoms with Crippen molar-refractivity contribution in [1.82, 2.24) is 0 Å². The van der Waals surface area contributed by atoms with Crippen molar-refractivity contribution in [2.75, 3.05) is 0 Å². The summed E-state index contributed by atoms with van der Waals surface area (Å²) in [5.41, 5.74) is 7.96. The quantitative estimate of drug-likeness (QED) is 0.786. The molecule has 0 bridgehead atoms. The van der Waals surface area contributed by atoms with Gasteiger partial charge in [-0.15, -0.1) is 0 Å². The van der Waals surface area contributed by atoms with Crippen LogP contribution in [0.15, 0.2) is 33.5 Å². The van der Waals surface area contributed by atoms with Crippen LogP contribution in [0, 0.1) is 0 Å². The van der Waals surface area contributed by atoms with Crippen LogP contribution in [0.3, 0.4) is 0 Å². The predicted octanol–water partition coefficient (Wildman–Crippen LogP) is 2.38. The Morgan fingerprint density at radius 3 is 2.69 bits per heavy atom. The Labute approximate surface area is 93.9 Å². The minimum atomic E-state index is -0.342. The summed E-state index contributed by atoms with van der Waals surface area (Å²) < 4.78 is 5.13. The lowest BCUT2D eigenvalue weighted by molar-refractivity contribution is 0.558. The third-order valence-electron chi connectivity index (χ3n) is 2.74. The SMILES string of the molecule is CC(C)c1ccc2oc(=O)cc(CN)c2c1. The normalized spacial score (nSPS) is 11.2. The van der Waals surface area contributed by atoms with Gasteiger partial charge in [-0.05, 0) is 29.2 Å². The Bertz CT molecular complexity index is 570. The lowest BCUT2D eigenvalue weighted by Crippen LogP contribution is -2.05. The largest absolute Gasteiger partial charge is 0.423 e. The zero-order valence-corrected chi connectivity index (χ0v) is 9.49. The molecule has 16 heavy (non-hydrogen) atoms. The highest BCUT2D eigenvalue weighted by molar-refractivity contribution is 5.81. The Balaban J connectivity index is 2.76. The maximum Gasteiger partial charge on any atom is 0.336 e. The summed E-state index contributed by atoms with van der Waals surface area (Å²) in [7, 11) is 0. The molecule has 0 saturated heterocycles. The second-order valence-corrected chi connectivity index (χ2v) is 4.21. The molecule has 0 amide bonds. The lowest BCUT2D eigenvalue weighted by Gasteiger charge is -2.08. The third kappa shape index (κ3) is 1.86. The molecule has 0 aliphatic carbocycles. The van der Waals surface area contributed by atoms with Crippen molar-refractivity contribution in [2.45, 2.75) is 26.3 Å². The van der Waals surface area contributed by atoms with Crippen LogP contribution in [0.2, 0.25) is 0 Å². The van der Waals surface area contributed by atoms with E-state index in [0.29, 0.717) is 18.0 Å². The minimum absolute atomic E-state index is 0.342. The van der Waals surface area contributed by atoms with Gasteiger partial charge in [-0.25, -0.2) is 4.79 Å². The summed E-state index contributed by atoms with van der Waals surface area (Å²) >= 11 is 0. The Morgan fingerprint density at radius 1 is 1.31 bits per heavy atom. The lowest BCUT2D eigenvalue weighted by atomic mass is 9.99. The molecule has 0 aliphatic heterocycles. The van der Waals surface area contributed by atoms with E-state index >= 15 is 0 Å². The highest BCUT2D eigenvalue weighted by atomic mass is 16.4. The van der Waals surface area contributed by atoms with Crippen molar-refractivity contribution in [1.29, 1.82) is 0 Å². The monoisotopic (exact) mass is 217 g/mol. The first-order valence-corrected chi connectivity index (χ1v) is 5.38. The predicted molar refractivity (Wildman–Crippen MR) is 64.5 cm³/mol. The molecule has 0 atom stereocenters. The molecule has 0 spiro atoms. The second-order valence-electron chi connectivity index (χ2n) is 4.21. The van der Waals surface area contributed by atoms with Crippen LogP contribution in [0.25, 0.3) is 11.0 Å². The molecule has 3 heteroatoms. The van der Waals surface area contributed by atoms with Crippen molar-refractivity contribution in [3.63, 3.8) is 0 Å². The first-order chi connectivity index (χ1) is 7.61. The summed E-state index contributed by atoms with van der Waals surface area (Å²) in [6, 6.07) is 7.33. The number of rotatable bonds is 2. The molecular weight excluding hydrogens is 202 g/mol. The van der Waals surface area contributed by atoms with Crippen LogP contribution >= 0.6 is 0 Å². The molecule has 84 valence electrons. The van der Waals surface area contributed by atoms with Gasteiger partial charge in [0, 0.05) is 18.0 Å². The van der Waals surface area contributed by atoms with Gasteiger partial charge >= 0.3 is 5.63 Å². The van der Waals surface area contributed by atoms with Gasteiger partial charge in [-0.3, -0.25) is 0 Å². The maximum absolute atomic E-state index is 11.3. The molecule has 1 aromatic heterocycles. The van der Waals surface area contributed by atoms with Crippen LogP contribution < -0.4 is 11.4 Å². The van der Waals surface area contributed by atoms with E-state index in [1.165, 1.54) is 11.6 Å². The fourth-order valence-corrected chi connectivity index (χ4v) is 1.77. The van der Waals surface area contributed by atoms with Gasteiger partial charge in [0.2, 0.25) is 0 Å². The fourth-order valence-electron chi connectivity index (χ4n) is 1.77. The second kappa shape index (κ2) is 4.10. The van der Waals surface area contributed by atoms with Crippen LogP contribution in [-0.2, 0) is 6.54 Å². The van der Waals surface area contributed by atoms with Crippen LogP contribution in [0.1, 0.15) is 30.9 Å². The number of hydrogen-bond donors (Lipinski definition) is 1. The van der Waals surface area contributed by atoms with Gasteiger partial charge in [0.1, 0.15) is 5.58 Å². The molecule has 2 rings (SSSR count). The van der Waals surface area contributed by atoms with E-state index in [2.05, 4.69) is 13.8 Å². The van der Waals surface area contributed by atoms with Gasteiger partial charge < -0.3 is 10.2 Å². The summed E-state index contributed by atoms with van der Waals surface area (Å²) in [6.45, 7) is 4.61. The van der Waals surface area contributed by atoms with Crippen molar-refractivity contribution in [2.24, 2.45) is 5.73 Å². The summed E-state index contributed by atoms with van der Waals surface area (Å²) in [6.07, 6.45) is 0. The standard InChI is InChI=1S/C13H15NO2/c1-8(2)9-3-4-12-11(5-9)10(7-14)6-13(15)16-12/h3-6,8H,7,14H2,1-2H3. The topological polar surface area (TPSA) is 56.2 Å². The molecule has 0 saturated carbocycles. The van der Waals surface area contributed by atoms with Crippen LogP contribution in [0.5, 0.6) is 0 Å². The molecule has 2 aromatic rings. The van der Waals surface area contributed by atoms with Crippen LogP contribution in [-0.4, -0.2) is 0 Å². The van der Waals surface area contributed by atoms with Gasteiger partial charge in [-0.1, -0.05) is 19.9 Å². The van der Waals surface area contributed by atoms with E-state index in [9.17, 15) is 4.79 Å². The highest BCUT2D eigenvalue weighted by Gasteiger charge is 2.06. The van der Waals surface area contributed by atoms with Gasteiger partial charge in [0.05, 0.1) is 0 Å².